The number of hydrogen-bond acceptors (Lipinski definition) is 3. The normalized spacial score (nSPS) is 10.3. The summed E-state index contributed by atoms with van der Waals surface area (Å²) in [4.78, 5) is 11.2. The molecule has 0 fully saturated rings. The first-order chi connectivity index (χ1) is 8.58. The number of carboxylic acid groups (broad SMARTS) is 1. The van der Waals surface area contributed by atoms with E-state index in [0.29, 0.717) is 16.7 Å². The highest BCUT2D eigenvalue weighted by Crippen LogP contribution is 2.25. The van der Waals surface area contributed by atoms with Gasteiger partial charge in [-0.25, -0.2) is 4.79 Å². The standard InChI is InChI=1S/C12H12BrN3O2/c1-16-6-5-8(15-16)7-14-10-4-2-3-9(13)11(10)12(17)18/h2-6,14H,7H2,1H3,(H,17,18). The van der Waals surface area contributed by atoms with E-state index in [4.69, 9.17) is 5.11 Å². The molecule has 6 heteroatoms. The Hall–Kier alpha value is -1.82. The number of carbonyl (C=O) groups is 1. The third kappa shape index (κ3) is 2.70. The van der Waals surface area contributed by atoms with E-state index in [0.717, 1.165) is 5.69 Å². The van der Waals surface area contributed by atoms with Gasteiger partial charge in [-0.2, -0.15) is 5.10 Å². The van der Waals surface area contributed by atoms with Crippen molar-refractivity contribution in [1.29, 1.82) is 0 Å². The smallest absolute Gasteiger partial charge is 0.338 e. The lowest BCUT2D eigenvalue weighted by Crippen LogP contribution is -2.07. The Kier molecular flexibility index (Phi) is 3.66. The Balaban J connectivity index is 2.19. The molecule has 0 saturated heterocycles. The lowest BCUT2D eigenvalue weighted by atomic mass is 10.2. The summed E-state index contributed by atoms with van der Waals surface area (Å²) in [5.74, 6) is -0.967. The van der Waals surface area contributed by atoms with Crippen LogP contribution in [0.15, 0.2) is 34.9 Å². The van der Waals surface area contributed by atoms with Crippen LogP contribution in [-0.4, -0.2) is 20.9 Å². The van der Waals surface area contributed by atoms with Gasteiger partial charge in [-0.3, -0.25) is 4.68 Å². The number of anilines is 1. The zero-order valence-corrected chi connectivity index (χ0v) is 11.3. The van der Waals surface area contributed by atoms with Gasteiger partial charge in [-0.15, -0.1) is 0 Å². The van der Waals surface area contributed by atoms with E-state index in [-0.39, 0.29) is 5.56 Å². The van der Waals surface area contributed by atoms with Crippen molar-refractivity contribution in [1.82, 2.24) is 9.78 Å². The Bertz CT molecular complexity index is 580. The molecular weight excluding hydrogens is 298 g/mol. The molecule has 5 nitrogen and oxygen atoms in total. The molecule has 0 unspecified atom stereocenters. The van der Waals surface area contributed by atoms with Crippen LogP contribution in [-0.2, 0) is 13.6 Å². The number of aromatic carboxylic acids is 1. The van der Waals surface area contributed by atoms with Crippen LogP contribution in [0.3, 0.4) is 0 Å². The molecular formula is C12H12BrN3O2. The molecule has 0 aliphatic carbocycles. The third-order valence-corrected chi connectivity index (χ3v) is 3.12. The minimum Gasteiger partial charge on any atom is -0.478 e. The Labute approximate surface area is 113 Å². The summed E-state index contributed by atoms with van der Waals surface area (Å²) in [5, 5.41) is 16.5. The molecule has 0 atom stereocenters. The average Bonchev–Trinajstić information content (AvgIpc) is 2.72. The van der Waals surface area contributed by atoms with Gasteiger partial charge >= 0.3 is 5.97 Å². The summed E-state index contributed by atoms with van der Waals surface area (Å²) in [6, 6.07) is 7.11. The quantitative estimate of drug-likeness (QED) is 0.910. The highest BCUT2D eigenvalue weighted by atomic mass is 79.9. The number of rotatable bonds is 4. The van der Waals surface area contributed by atoms with Crippen molar-refractivity contribution >= 4 is 27.6 Å². The van der Waals surface area contributed by atoms with Gasteiger partial charge in [0.25, 0.3) is 0 Å². The van der Waals surface area contributed by atoms with E-state index in [1.165, 1.54) is 0 Å². The zero-order valence-electron chi connectivity index (χ0n) is 9.72. The minimum atomic E-state index is -0.967. The van der Waals surface area contributed by atoms with Crippen molar-refractivity contribution in [3.8, 4) is 0 Å². The number of halogens is 1. The van der Waals surface area contributed by atoms with Gasteiger partial charge in [0.05, 0.1) is 23.5 Å². The van der Waals surface area contributed by atoms with Crippen molar-refractivity contribution in [2.75, 3.05) is 5.32 Å². The lowest BCUT2D eigenvalue weighted by Gasteiger charge is -2.09. The molecule has 1 aromatic heterocycles. The molecule has 2 rings (SSSR count). The lowest BCUT2D eigenvalue weighted by molar-refractivity contribution is 0.0697. The summed E-state index contributed by atoms with van der Waals surface area (Å²) >= 11 is 3.24. The van der Waals surface area contributed by atoms with Crippen LogP contribution >= 0.6 is 15.9 Å². The fourth-order valence-corrected chi connectivity index (χ4v) is 2.17. The SMILES string of the molecule is Cn1ccc(CNc2cccc(Br)c2C(=O)O)n1. The minimum absolute atomic E-state index is 0.230. The highest BCUT2D eigenvalue weighted by Gasteiger charge is 2.13. The van der Waals surface area contributed by atoms with Gasteiger partial charge in [0.2, 0.25) is 0 Å². The second-order valence-corrected chi connectivity index (χ2v) is 4.66. The summed E-state index contributed by atoms with van der Waals surface area (Å²) in [5.41, 5.74) is 1.66. The highest BCUT2D eigenvalue weighted by molar-refractivity contribution is 9.10. The van der Waals surface area contributed by atoms with Crippen LogP contribution in [0.25, 0.3) is 0 Å². The van der Waals surface area contributed by atoms with Crippen LogP contribution in [0.2, 0.25) is 0 Å². The second kappa shape index (κ2) is 5.22. The first-order valence-electron chi connectivity index (χ1n) is 5.32. The first-order valence-corrected chi connectivity index (χ1v) is 6.11. The number of nitrogens with zero attached hydrogens (tertiary/aromatic N) is 2. The molecule has 2 aromatic rings. The summed E-state index contributed by atoms with van der Waals surface area (Å²) in [6.45, 7) is 0.484. The zero-order chi connectivity index (χ0) is 13.1. The number of aryl methyl sites for hydroxylation is 1. The second-order valence-electron chi connectivity index (χ2n) is 3.80. The van der Waals surface area contributed by atoms with Crippen LogP contribution in [0, 0.1) is 0 Å². The van der Waals surface area contributed by atoms with Crippen molar-refractivity contribution in [3.05, 3.63) is 46.2 Å². The molecule has 0 amide bonds. The predicted octanol–water partition coefficient (Wildman–Crippen LogP) is 2.49. The van der Waals surface area contributed by atoms with Crippen molar-refractivity contribution in [2.45, 2.75) is 6.54 Å². The van der Waals surface area contributed by atoms with Gasteiger partial charge in [0, 0.05) is 17.7 Å². The first kappa shape index (κ1) is 12.6. The topological polar surface area (TPSA) is 67.2 Å². The van der Waals surface area contributed by atoms with Crippen LogP contribution in [0.5, 0.6) is 0 Å². The molecule has 0 aliphatic rings. The molecule has 1 aromatic carbocycles. The fraction of sp³-hybridized carbons (Fsp3) is 0.167. The van der Waals surface area contributed by atoms with E-state index < -0.39 is 5.97 Å². The molecule has 0 saturated carbocycles. The van der Waals surface area contributed by atoms with Gasteiger partial charge in [0.1, 0.15) is 0 Å². The Morgan fingerprint density at radius 1 is 1.50 bits per heavy atom. The summed E-state index contributed by atoms with van der Waals surface area (Å²) in [6.07, 6.45) is 1.84. The summed E-state index contributed by atoms with van der Waals surface area (Å²) < 4.78 is 2.26. The Morgan fingerprint density at radius 3 is 2.89 bits per heavy atom. The van der Waals surface area contributed by atoms with E-state index in [1.54, 1.807) is 22.9 Å². The number of carboxylic acids is 1. The third-order valence-electron chi connectivity index (χ3n) is 2.46. The molecule has 94 valence electrons. The molecule has 2 N–H and O–H groups in total. The van der Waals surface area contributed by atoms with Crippen molar-refractivity contribution in [2.24, 2.45) is 7.05 Å². The van der Waals surface area contributed by atoms with Gasteiger partial charge in [0.15, 0.2) is 0 Å². The van der Waals surface area contributed by atoms with E-state index in [2.05, 4.69) is 26.3 Å². The van der Waals surface area contributed by atoms with Gasteiger partial charge in [-0.05, 0) is 34.1 Å². The molecule has 1 heterocycles. The summed E-state index contributed by atoms with van der Waals surface area (Å²) in [7, 11) is 1.84. The van der Waals surface area contributed by atoms with Crippen LogP contribution < -0.4 is 5.32 Å². The maximum atomic E-state index is 11.2. The number of aromatic nitrogens is 2. The maximum absolute atomic E-state index is 11.2. The molecule has 18 heavy (non-hydrogen) atoms. The predicted molar refractivity (Wildman–Crippen MR) is 71.6 cm³/mol. The van der Waals surface area contributed by atoms with Gasteiger partial charge < -0.3 is 10.4 Å². The van der Waals surface area contributed by atoms with Gasteiger partial charge in [-0.1, -0.05) is 6.07 Å². The monoisotopic (exact) mass is 309 g/mol. The van der Waals surface area contributed by atoms with Crippen molar-refractivity contribution in [3.63, 3.8) is 0 Å². The maximum Gasteiger partial charge on any atom is 0.338 e. The van der Waals surface area contributed by atoms with E-state index in [9.17, 15) is 4.79 Å². The van der Waals surface area contributed by atoms with Crippen LogP contribution in [0.1, 0.15) is 16.1 Å². The number of hydrogen-bond donors (Lipinski definition) is 2. The van der Waals surface area contributed by atoms with E-state index in [1.807, 2.05) is 19.3 Å². The average molecular weight is 310 g/mol. The fourth-order valence-electron chi connectivity index (χ4n) is 1.63. The molecule has 0 aliphatic heterocycles. The van der Waals surface area contributed by atoms with Crippen molar-refractivity contribution < 1.29 is 9.90 Å². The van der Waals surface area contributed by atoms with E-state index >= 15 is 0 Å². The number of nitrogens with one attached hydrogen (secondary N) is 1. The molecule has 0 spiro atoms. The molecule has 0 bridgehead atoms. The Morgan fingerprint density at radius 2 is 2.28 bits per heavy atom. The molecule has 0 radical (unpaired) electrons. The van der Waals surface area contributed by atoms with Crippen LogP contribution in [0.4, 0.5) is 5.69 Å². The largest absolute Gasteiger partial charge is 0.478 e. The number of benzene rings is 1.